The number of aliphatic hydroxyl groups excluding tert-OH is 1. The first-order valence-electron chi connectivity index (χ1n) is 13.7. The third-order valence-electron chi connectivity index (χ3n) is 7.37. The van der Waals surface area contributed by atoms with Crippen LogP contribution < -0.4 is 14.4 Å². The summed E-state index contributed by atoms with van der Waals surface area (Å²) in [5.74, 6) is -1.96. The highest BCUT2D eigenvalue weighted by molar-refractivity contribution is 7.17. The number of thiazole rings is 1. The van der Waals surface area contributed by atoms with Gasteiger partial charge < -0.3 is 23.7 Å². The van der Waals surface area contributed by atoms with Crippen LogP contribution in [0.15, 0.2) is 42.1 Å². The smallest absolute Gasteiger partial charge is 0.350 e. The lowest BCUT2D eigenvalue weighted by molar-refractivity contribution is -0.132. The molecule has 1 N–H and O–H groups in total. The number of amides is 1. The number of ketones is 1. The van der Waals surface area contributed by atoms with Crippen molar-refractivity contribution in [3.63, 3.8) is 0 Å². The Morgan fingerprint density at radius 1 is 1.09 bits per heavy atom. The Labute approximate surface area is 252 Å². The fourth-order valence-electron chi connectivity index (χ4n) is 5.09. The predicted octanol–water partition coefficient (Wildman–Crippen LogP) is 5.32. The zero-order valence-corrected chi connectivity index (χ0v) is 25.6. The largest absolute Gasteiger partial charge is 0.505 e. The van der Waals surface area contributed by atoms with Crippen LogP contribution in [-0.4, -0.2) is 58.0 Å². The van der Waals surface area contributed by atoms with E-state index in [2.05, 4.69) is 16.9 Å². The van der Waals surface area contributed by atoms with Gasteiger partial charge in [-0.2, -0.15) is 0 Å². The summed E-state index contributed by atoms with van der Waals surface area (Å²) < 4.78 is 18.2. The van der Waals surface area contributed by atoms with Gasteiger partial charge in [0, 0.05) is 6.20 Å². The number of rotatable bonds is 9. The molecule has 1 saturated heterocycles. The summed E-state index contributed by atoms with van der Waals surface area (Å²) in [4.78, 5) is 50.3. The summed E-state index contributed by atoms with van der Waals surface area (Å²) >= 11 is 0.926. The van der Waals surface area contributed by atoms with Crippen LogP contribution in [0.5, 0.6) is 11.5 Å². The van der Waals surface area contributed by atoms with Gasteiger partial charge in [0.15, 0.2) is 22.4 Å². The number of nitrogens with zero attached hydrogens (tertiary/aromatic N) is 4. The number of aromatic nitrogens is 3. The minimum Gasteiger partial charge on any atom is -0.505 e. The van der Waals surface area contributed by atoms with Gasteiger partial charge in [0.1, 0.15) is 16.2 Å². The van der Waals surface area contributed by atoms with Crippen LogP contribution in [-0.2, 0) is 14.3 Å². The van der Waals surface area contributed by atoms with Crippen molar-refractivity contribution in [1.29, 1.82) is 0 Å². The summed E-state index contributed by atoms with van der Waals surface area (Å²) in [6.07, 6.45) is 3.62. The Balaban J connectivity index is 1.73. The van der Waals surface area contributed by atoms with Gasteiger partial charge in [0.2, 0.25) is 0 Å². The molecule has 4 heterocycles. The van der Waals surface area contributed by atoms with Gasteiger partial charge in [-0.25, -0.2) is 14.8 Å². The van der Waals surface area contributed by atoms with Gasteiger partial charge >= 0.3 is 11.9 Å². The van der Waals surface area contributed by atoms with Crippen molar-refractivity contribution >= 4 is 45.5 Å². The Bertz CT molecular complexity index is 1790. The van der Waals surface area contributed by atoms with Gasteiger partial charge in [-0.15, -0.1) is 0 Å². The molecule has 4 aromatic rings. The fraction of sp³-hybridized carbons (Fsp3) is 0.323. The third kappa shape index (κ3) is 5.11. The van der Waals surface area contributed by atoms with Crippen LogP contribution >= 0.6 is 11.3 Å². The minimum absolute atomic E-state index is 0.105. The topological polar surface area (TPSA) is 133 Å². The van der Waals surface area contributed by atoms with Crippen LogP contribution in [0.2, 0.25) is 0 Å². The standard InChI is InChI=1S/C31H32N4O7S/c1-7-8-14-42-20-12-11-19(15-21(20)40-5)24-22(25(36)23-18(4)34-13-9-10-16(2)28(34)33-23)26(37)29(38)35(24)31-32-17(3)27(43-31)30(39)41-6/h9-13,15,24,36H,7-8,14H2,1-6H3. The number of fused-ring (bicyclic) bond motifs is 1. The number of imidazole rings is 1. The van der Waals surface area contributed by atoms with E-state index >= 15 is 0 Å². The summed E-state index contributed by atoms with van der Waals surface area (Å²) in [7, 11) is 2.75. The van der Waals surface area contributed by atoms with Gasteiger partial charge in [0.05, 0.1) is 43.8 Å². The number of esters is 1. The number of aliphatic hydroxyl groups is 1. The molecule has 0 radical (unpaired) electrons. The molecule has 1 aliphatic rings. The molecular formula is C31H32N4O7S. The molecule has 0 bridgehead atoms. The summed E-state index contributed by atoms with van der Waals surface area (Å²) in [6.45, 7) is 7.84. The maximum absolute atomic E-state index is 13.7. The van der Waals surface area contributed by atoms with Crippen LogP contribution in [0.4, 0.5) is 5.13 Å². The molecule has 1 aliphatic heterocycles. The first kappa shape index (κ1) is 29.8. The molecule has 1 unspecified atom stereocenters. The van der Waals surface area contributed by atoms with Crippen molar-refractivity contribution in [1.82, 2.24) is 14.4 Å². The summed E-state index contributed by atoms with van der Waals surface area (Å²) in [5, 5.41) is 11.9. The average molecular weight is 605 g/mol. The maximum atomic E-state index is 13.7. The van der Waals surface area contributed by atoms with Crippen molar-refractivity contribution in [2.75, 3.05) is 25.7 Å². The van der Waals surface area contributed by atoms with Gasteiger partial charge in [0.25, 0.3) is 5.78 Å². The number of pyridine rings is 1. The quantitative estimate of drug-likeness (QED) is 0.0886. The Morgan fingerprint density at radius 3 is 2.53 bits per heavy atom. The monoisotopic (exact) mass is 604 g/mol. The number of anilines is 1. The Kier molecular flexibility index (Phi) is 8.23. The molecule has 5 rings (SSSR count). The highest BCUT2D eigenvalue weighted by Crippen LogP contribution is 2.45. The van der Waals surface area contributed by atoms with E-state index in [1.807, 2.05) is 29.7 Å². The van der Waals surface area contributed by atoms with E-state index in [-0.39, 0.29) is 21.3 Å². The number of hydrogen-bond donors (Lipinski definition) is 1. The second kappa shape index (κ2) is 11.9. The number of carbonyl (C=O) groups is 3. The van der Waals surface area contributed by atoms with Crippen LogP contribution in [0.25, 0.3) is 11.4 Å². The maximum Gasteiger partial charge on any atom is 0.350 e. The van der Waals surface area contributed by atoms with Crippen molar-refractivity contribution in [3.05, 3.63) is 75.2 Å². The Hall–Kier alpha value is -4.71. The fourth-order valence-corrected chi connectivity index (χ4v) is 6.10. The van der Waals surface area contributed by atoms with E-state index in [1.165, 1.54) is 19.1 Å². The number of ether oxygens (including phenoxy) is 3. The number of hydrogen-bond acceptors (Lipinski definition) is 10. The molecule has 1 amide bonds. The Morgan fingerprint density at radius 2 is 1.86 bits per heavy atom. The van der Waals surface area contributed by atoms with Crippen LogP contribution in [0.3, 0.4) is 0 Å². The molecular weight excluding hydrogens is 572 g/mol. The van der Waals surface area contributed by atoms with Crippen molar-refractivity contribution in [2.45, 2.75) is 46.6 Å². The average Bonchev–Trinajstić information content (AvgIpc) is 3.64. The third-order valence-corrected chi connectivity index (χ3v) is 8.51. The van der Waals surface area contributed by atoms with E-state index in [0.29, 0.717) is 40.7 Å². The SMILES string of the molecule is CCCCOc1ccc(C2C(=C(O)c3nc4c(C)cccn4c3C)C(=O)C(=O)N2c2nc(C)c(C(=O)OC)s2)cc1OC. The molecule has 0 saturated carbocycles. The van der Waals surface area contributed by atoms with Crippen LogP contribution in [0.1, 0.15) is 63.7 Å². The molecule has 1 fully saturated rings. The van der Waals surface area contributed by atoms with E-state index in [4.69, 9.17) is 14.2 Å². The summed E-state index contributed by atoms with van der Waals surface area (Å²) in [5.41, 5.74) is 2.90. The first-order chi connectivity index (χ1) is 20.6. The number of Topliss-reactive ketones (excluding diaryl/α,β-unsaturated/α-hetero) is 1. The molecule has 0 aliphatic carbocycles. The number of benzene rings is 1. The molecule has 11 nitrogen and oxygen atoms in total. The molecule has 3 aromatic heterocycles. The number of unbranched alkanes of at least 4 members (excludes halogenated alkanes) is 1. The second-order valence-electron chi connectivity index (χ2n) is 10.1. The molecule has 224 valence electrons. The lowest BCUT2D eigenvalue weighted by Gasteiger charge is -2.23. The molecule has 43 heavy (non-hydrogen) atoms. The number of methoxy groups -OCH3 is 2. The van der Waals surface area contributed by atoms with E-state index in [0.717, 1.165) is 29.7 Å². The highest BCUT2D eigenvalue weighted by atomic mass is 32.1. The van der Waals surface area contributed by atoms with Gasteiger partial charge in [-0.3, -0.25) is 14.5 Å². The lowest BCUT2D eigenvalue weighted by atomic mass is 9.96. The van der Waals surface area contributed by atoms with Gasteiger partial charge in [-0.05, 0) is 56.5 Å². The first-order valence-corrected chi connectivity index (χ1v) is 14.6. The van der Waals surface area contributed by atoms with Crippen LogP contribution in [0, 0.1) is 20.8 Å². The number of aryl methyl sites for hydroxylation is 3. The van der Waals surface area contributed by atoms with Crippen molar-refractivity contribution in [3.8, 4) is 11.5 Å². The normalized spacial score (nSPS) is 16.2. The number of carbonyl (C=O) groups excluding carboxylic acids is 3. The summed E-state index contributed by atoms with van der Waals surface area (Å²) in [6, 6.07) is 7.73. The highest BCUT2D eigenvalue weighted by Gasteiger charge is 2.49. The van der Waals surface area contributed by atoms with E-state index in [1.54, 1.807) is 32.0 Å². The van der Waals surface area contributed by atoms with E-state index < -0.39 is 29.5 Å². The zero-order chi connectivity index (χ0) is 31.0. The zero-order valence-electron chi connectivity index (χ0n) is 24.8. The molecule has 1 aromatic carbocycles. The molecule has 0 spiro atoms. The predicted molar refractivity (Wildman–Crippen MR) is 161 cm³/mol. The molecule has 1 atom stereocenters. The second-order valence-corrected chi connectivity index (χ2v) is 11.1. The van der Waals surface area contributed by atoms with E-state index in [9.17, 15) is 19.5 Å². The van der Waals surface area contributed by atoms with Crippen molar-refractivity contribution < 1.29 is 33.7 Å². The van der Waals surface area contributed by atoms with Gasteiger partial charge in [-0.1, -0.05) is 36.8 Å². The minimum atomic E-state index is -1.11. The van der Waals surface area contributed by atoms with Crippen molar-refractivity contribution in [2.24, 2.45) is 0 Å². The lowest BCUT2D eigenvalue weighted by Crippen LogP contribution is -2.29. The molecule has 12 heteroatoms.